The standard InChI is InChI=1S/C17H23N5O.2ClH/c1-3-4-13-7-16(22-21-13)17(23)20-10-15-11(2)19-9-12-8-18-6-5-14(12)15;;/h7,9,18H,3-6,8,10H2,1-2H3,(H,20,23)(H,21,22);2*1H. The molecule has 0 aliphatic carbocycles. The van der Waals surface area contributed by atoms with Crippen LogP contribution in [0, 0.1) is 6.92 Å². The van der Waals surface area contributed by atoms with Crippen molar-refractivity contribution in [3.63, 3.8) is 0 Å². The number of H-pyrrole nitrogens is 1. The Bertz CT molecular complexity index is 717. The number of aromatic nitrogens is 3. The Morgan fingerprint density at radius 1 is 1.36 bits per heavy atom. The zero-order chi connectivity index (χ0) is 16.2. The third-order valence-corrected chi connectivity index (χ3v) is 4.28. The van der Waals surface area contributed by atoms with Gasteiger partial charge < -0.3 is 10.6 Å². The fourth-order valence-corrected chi connectivity index (χ4v) is 3.01. The Hall–Kier alpha value is -1.63. The summed E-state index contributed by atoms with van der Waals surface area (Å²) in [6.07, 6.45) is 4.85. The van der Waals surface area contributed by atoms with E-state index >= 15 is 0 Å². The molecule has 25 heavy (non-hydrogen) atoms. The number of carbonyl (C=O) groups is 1. The van der Waals surface area contributed by atoms with Crippen molar-refractivity contribution in [2.24, 2.45) is 0 Å². The van der Waals surface area contributed by atoms with Crippen molar-refractivity contribution in [1.82, 2.24) is 25.8 Å². The van der Waals surface area contributed by atoms with Crippen LogP contribution < -0.4 is 10.6 Å². The van der Waals surface area contributed by atoms with Crippen LogP contribution in [0.1, 0.15) is 51.9 Å². The highest BCUT2D eigenvalue weighted by Crippen LogP contribution is 2.20. The van der Waals surface area contributed by atoms with Crippen LogP contribution in [0.4, 0.5) is 0 Å². The Balaban J connectivity index is 0.00000156. The minimum atomic E-state index is -0.144. The molecule has 8 heteroatoms. The van der Waals surface area contributed by atoms with E-state index in [1.54, 1.807) is 0 Å². The number of rotatable bonds is 5. The first kappa shape index (κ1) is 21.4. The van der Waals surface area contributed by atoms with Gasteiger partial charge in [-0.3, -0.25) is 14.9 Å². The number of nitrogens with zero attached hydrogens (tertiary/aromatic N) is 2. The Morgan fingerprint density at radius 3 is 2.92 bits per heavy atom. The fraction of sp³-hybridized carbons (Fsp3) is 0.471. The van der Waals surface area contributed by atoms with Gasteiger partial charge in [-0.2, -0.15) is 5.10 Å². The maximum atomic E-state index is 12.3. The first-order chi connectivity index (χ1) is 11.2. The summed E-state index contributed by atoms with van der Waals surface area (Å²) in [6, 6.07) is 1.83. The molecule has 3 heterocycles. The van der Waals surface area contributed by atoms with E-state index < -0.39 is 0 Å². The molecule has 0 atom stereocenters. The molecule has 1 amide bonds. The highest BCUT2D eigenvalue weighted by molar-refractivity contribution is 5.92. The van der Waals surface area contributed by atoms with Gasteiger partial charge in [-0.05, 0) is 49.1 Å². The Morgan fingerprint density at radius 2 is 2.16 bits per heavy atom. The van der Waals surface area contributed by atoms with Gasteiger partial charge in [0.05, 0.1) is 0 Å². The van der Waals surface area contributed by atoms with Gasteiger partial charge in [-0.25, -0.2) is 0 Å². The van der Waals surface area contributed by atoms with Gasteiger partial charge in [-0.15, -0.1) is 24.8 Å². The lowest BCUT2D eigenvalue weighted by Gasteiger charge is -2.21. The molecule has 1 aliphatic heterocycles. The third-order valence-electron chi connectivity index (χ3n) is 4.28. The molecule has 0 unspecified atom stereocenters. The average Bonchev–Trinajstić information content (AvgIpc) is 3.03. The lowest BCUT2D eigenvalue weighted by atomic mass is 9.96. The van der Waals surface area contributed by atoms with Gasteiger partial charge in [0.1, 0.15) is 5.69 Å². The minimum absolute atomic E-state index is 0. The molecule has 3 N–H and O–H groups in total. The van der Waals surface area contributed by atoms with Crippen molar-refractivity contribution in [2.75, 3.05) is 6.54 Å². The van der Waals surface area contributed by atoms with Crippen LogP contribution in [0.5, 0.6) is 0 Å². The second-order valence-electron chi connectivity index (χ2n) is 5.96. The second-order valence-corrected chi connectivity index (χ2v) is 5.96. The molecule has 0 saturated carbocycles. The molecule has 3 rings (SSSR count). The number of hydrogen-bond acceptors (Lipinski definition) is 4. The summed E-state index contributed by atoms with van der Waals surface area (Å²) in [5.74, 6) is -0.144. The van der Waals surface area contributed by atoms with Gasteiger partial charge >= 0.3 is 0 Å². The molecule has 0 spiro atoms. The predicted molar refractivity (Wildman–Crippen MR) is 103 cm³/mol. The maximum Gasteiger partial charge on any atom is 0.272 e. The summed E-state index contributed by atoms with van der Waals surface area (Å²) in [5.41, 5.74) is 6.13. The van der Waals surface area contributed by atoms with Gasteiger partial charge in [0, 0.05) is 30.7 Å². The summed E-state index contributed by atoms with van der Waals surface area (Å²) in [6.45, 7) is 6.42. The number of halogens is 2. The number of aryl methyl sites for hydroxylation is 2. The molecule has 0 fully saturated rings. The number of aromatic amines is 1. The van der Waals surface area contributed by atoms with E-state index in [4.69, 9.17) is 0 Å². The van der Waals surface area contributed by atoms with E-state index in [0.717, 1.165) is 49.3 Å². The SMILES string of the molecule is CCCc1cc(C(=O)NCc2c(C)ncc3c2CCNC3)n[nH]1.Cl.Cl. The largest absolute Gasteiger partial charge is 0.346 e. The van der Waals surface area contributed by atoms with E-state index in [0.29, 0.717) is 12.2 Å². The first-order valence-corrected chi connectivity index (χ1v) is 8.18. The Kier molecular flexibility index (Phi) is 8.35. The van der Waals surface area contributed by atoms with Crippen LogP contribution in [0.25, 0.3) is 0 Å². The van der Waals surface area contributed by atoms with Crippen LogP contribution in [-0.4, -0.2) is 27.6 Å². The maximum absolute atomic E-state index is 12.3. The number of carbonyl (C=O) groups excluding carboxylic acids is 1. The second kappa shape index (κ2) is 9.75. The van der Waals surface area contributed by atoms with Crippen molar-refractivity contribution >= 4 is 30.7 Å². The van der Waals surface area contributed by atoms with E-state index in [2.05, 4.69) is 32.7 Å². The monoisotopic (exact) mass is 385 g/mol. The van der Waals surface area contributed by atoms with Crippen LogP contribution >= 0.6 is 24.8 Å². The zero-order valence-corrected chi connectivity index (χ0v) is 16.1. The van der Waals surface area contributed by atoms with Crippen LogP contribution in [-0.2, 0) is 25.9 Å². The lowest BCUT2D eigenvalue weighted by molar-refractivity contribution is 0.0945. The molecule has 138 valence electrons. The highest BCUT2D eigenvalue weighted by Gasteiger charge is 2.17. The lowest BCUT2D eigenvalue weighted by Crippen LogP contribution is -2.29. The molecule has 0 radical (unpaired) electrons. The minimum Gasteiger partial charge on any atom is -0.346 e. The van der Waals surface area contributed by atoms with Crippen molar-refractivity contribution in [1.29, 1.82) is 0 Å². The molecule has 0 bridgehead atoms. The summed E-state index contributed by atoms with van der Waals surface area (Å²) in [4.78, 5) is 16.7. The van der Waals surface area contributed by atoms with Gasteiger partial charge in [0.25, 0.3) is 5.91 Å². The van der Waals surface area contributed by atoms with E-state index in [1.165, 1.54) is 11.1 Å². The molecule has 0 saturated heterocycles. The molecule has 2 aromatic rings. The van der Waals surface area contributed by atoms with E-state index in [1.807, 2.05) is 19.2 Å². The third kappa shape index (κ3) is 4.93. The molecular weight excluding hydrogens is 361 g/mol. The summed E-state index contributed by atoms with van der Waals surface area (Å²) in [7, 11) is 0. The number of pyridine rings is 1. The Labute approximate surface area is 160 Å². The smallest absolute Gasteiger partial charge is 0.272 e. The normalized spacial score (nSPS) is 12.6. The van der Waals surface area contributed by atoms with Crippen LogP contribution in [0.2, 0.25) is 0 Å². The molecule has 0 aromatic carbocycles. The zero-order valence-electron chi connectivity index (χ0n) is 14.5. The van der Waals surface area contributed by atoms with Crippen molar-refractivity contribution in [3.05, 3.63) is 46.0 Å². The van der Waals surface area contributed by atoms with Gasteiger partial charge in [-0.1, -0.05) is 13.3 Å². The van der Waals surface area contributed by atoms with Crippen LogP contribution in [0.3, 0.4) is 0 Å². The predicted octanol–water partition coefficient (Wildman–Crippen LogP) is 2.48. The van der Waals surface area contributed by atoms with Crippen LogP contribution in [0.15, 0.2) is 12.3 Å². The summed E-state index contributed by atoms with van der Waals surface area (Å²) >= 11 is 0. The highest BCUT2D eigenvalue weighted by atomic mass is 35.5. The van der Waals surface area contributed by atoms with E-state index in [9.17, 15) is 4.79 Å². The molecule has 6 nitrogen and oxygen atoms in total. The van der Waals surface area contributed by atoms with Gasteiger partial charge in [0.15, 0.2) is 0 Å². The number of hydrogen-bond donors (Lipinski definition) is 3. The van der Waals surface area contributed by atoms with E-state index in [-0.39, 0.29) is 30.7 Å². The quantitative estimate of drug-likeness (QED) is 0.738. The molecule has 2 aromatic heterocycles. The first-order valence-electron chi connectivity index (χ1n) is 8.18. The number of amides is 1. The molecular formula is C17H25Cl2N5O. The summed E-state index contributed by atoms with van der Waals surface area (Å²) in [5, 5.41) is 13.3. The molecule has 1 aliphatic rings. The number of nitrogens with one attached hydrogen (secondary N) is 3. The topological polar surface area (TPSA) is 82.7 Å². The van der Waals surface area contributed by atoms with Crippen molar-refractivity contribution in [2.45, 2.75) is 46.2 Å². The number of fused-ring (bicyclic) bond motifs is 1. The fourth-order valence-electron chi connectivity index (χ4n) is 3.01. The summed E-state index contributed by atoms with van der Waals surface area (Å²) < 4.78 is 0. The van der Waals surface area contributed by atoms with Crippen molar-refractivity contribution < 1.29 is 4.79 Å². The average molecular weight is 386 g/mol. The van der Waals surface area contributed by atoms with Gasteiger partial charge in [0.2, 0.25) is 0 Å². The van der Waals surface area contributed by atoms with Crippen molar-refractivity contribution in [3.8, 4) is 0 Å².